The number of H-pyrrole nitrogens is 2. The molecular weight excluding hydrogens is 689 g/mol. The molecule has 4 aromatic carbocycles. The van der Waals surface area contributed by atoms with Gasteiger partial charge in [0.2, 0.25) is 0 Å². The summed E-state index contributed by atoms with van der Waals surface area (Å²) in [6.45, 7) is 17.7. The van der Waals surface area contributed by atoms with Crippen LogP contribution in [-0.4, -0.2) is 39.9 Å². The molecule has 0 saturated heterocycles. The zero-order valence-electron chi connectivity index (χ0n) is 33.2. The number of benzene rings is 4. The first-order chi connectivity index (χ1) is 26.8. The number of fused-ring (bicyclic) bond motifs is 8. The molecule has 0 unspecified atom stereocenters. The van der Waals surface area contributed by atoms with Gasteiger partial charge in [0.05, 0.1) is 0 Å². The second kappa shape index (κ2) is 12.6. The molecular formula is C48H46N8. The molecule has 0 amide bonds. The van der Waals surface area contributed by atoms with E-state index >= 15 is 0 Å². The van der Waals surface area contributed by atoms with Crippen molar-refractivity contribution in [3.05, 3.63) is 145 Å². The topological polar surface area (TPSA) is 109 Å². The molecule has 5 heterocycles. The average Bonchev–Trinajstić information content (AvgIpc) is 3.83. The second-order valence-corrected chi connectivity index (χ2v) is 17.1. The molecule has 0 saturated carbocycles. The van der Waals surface area contributed by atoms with Crippen LogP contribution in [0.2, 0.25) is 0 Å². The summed E-state index contributed by atoms with van der Waals surface area (Å²) in [5.41, 5.74) is 8.70. The smallest absolute Gasteiger partial charge is 0.142 e. The molecule has 0 spiro atoms. The molecule has 0 aliphatic carbocycles. The fourth-order valence-electron chi connectivity index (χ4n) is 7.79. The second-order valence-electron chi connectivity index (χ2n) is 17.1. The van der Waals surface area contributed by atoms with Crippen molar-refractivity contribution in [3.63, 3.8) is 0 Å². The summed E-state index contributed by atoms with van der Waals surface area (Å²) < 4.78 is 0. The van der Waals surface area contributed by atoms with E-state index in [1.54, 1.807) is 0 Å². The lowest BCUT2D eigenvalue weighted by molar-refractivity contribution is 0.310. The Morgan fingerprint density at radius 2 is 0.482 bits per heavy atom. The van der Waals surface area contributed by atoms with E-state index in [2.05, 4.69) is 162 Å². The third-order valence-electron chi connectivity index (χ3n) is 12.8. The van der Waals surface area contributed by atoms with E-state index < -0.39 is 21.7 Å². The van der Waals surface area contributed by atoms with Gasteiger partial charge in [0.25, 0.3) is 0 Å². The molecule has 3 aromatic heterocycles. The van der Waals surface area contributed by atoms with Crippen LogP contribution in [0.15, 0.2) is 121 Å². The number of nitrogens with one attached hydrogen (secondary N) is 2. The van der Waals surface area contributed by atoms with Gasteiger partial charge in [0.15, 0.2) is 0 Å². The fraction of sp³-hybridized carbons (Fsp3) is 0.250. The van der Waals surface area contributed by atoms with Crippen molar-refractivity contribution in [2.24, 2.45) is 0 Å². The molecule has 2 N–H and O–H groups in total. The van der Waals surface area contributed by atoms with Crippen molar-refractivity contribution in [2.75, 3.05) is 0 Å². The number of nitrogens with zero attached hydrogens (tertiary/aromatic N) is 6. The van der Waals surface area contributed by atoms with Gasteiger partial charge in [-0.15, -0.1) is 0 Å². The molecule has 2 aliphatic heterocycles. The molecule has 0 radical (unpaired) electrons. The summed E-state index contributed by atoms with van der Waals surface area (Å²) in [4.78, 5) is 39.9. The maximum atomic E-state index is 5.46. The molecule has 8 heteroatoms. The Kier molecular flexibility index (Phi) is 7.99. The van der Waals surface area contributed by atoms with Crippen LogP contribution in [0.25, 0.3) is 67.1 Å². The van der Waals surface area contributed by atoms with Crippen LogP contribution in [0.1, 0.15) is 78.7 Å². The van der Waals surface area contributed by atoms with Gasteiger partial charge in [-0.25, -0.2) is 29.9 Å². The maximum absolute atomic E-state index is 5.46. The molecule has 7 aromatic rings. The van der Waals surface area contributed by atoms with Gasteiger partial charge in [0, 0.05) is 43.9 Å². The minimum atomic E-state index is -0.497. The number of aromatic nitrogens is 8. The highest BCUT2D eigenvalue weighted by molar-refractivity contribution is 6.01. The van der Waals surface area contributed by atoms with Crippen molar-refractivity contribution in [1.82, 2.24) is 39.9 Å². The van der Waals surface area contributed by atoms with Gasteiger partial charge < -0.3 is 9.97 Å². The highest BCUT2D eigenvalue weighted by Crippen LogP contribution is 2.48. The Morgan fingerprint density at radius 1 is 0.286 bits per heavy atom. The predicted molar refractivity (Wildman–Crippen MR) is 226 cm³/mol. The van der Waals surface area contributed by atoms with Crippen molar-refractivity contribution in [1.29, 1.82) is 0 Å². The quantitative estimate of drug-likeness (QED) is 0.186. The summed E-state index contributed by atoms with van der Waals surface area (Å²) in [6.07, 6.45) is 0. The maximum Gasteiger partial charge on any atom is 0.142 e. The average molecular weight is 735 g/mol. The van der Waals surface area contributed by atoms with Crippen LogP contribution in [0.5, 0.6) is 0 Å². The zero-order chi connectivity index (χ0) is 39.0. The summed E-state index contributed by atoms with van der Waals surface area (Å²) in [5.74, 6) is 2.76. The van der Waals surface area contributed by atoms with E-state index in [9.17, 15) is 0 Å². The summed E-state index contributed by atoms with van der Waals surface area (Å²) in [7, 11) is 0. The Morgan fingerprint density at radius 3 is 0.679 bits per heavy atom. The van der Waals surface area contributed by atoms with Crippen LogP contribution >= 0.6 is 0 Å². The predicted octanol–water partition coefficient (Wildman–Crippen LogP) is 11.1. The Balaban J connectivity index is 1.52. The highest BCUT2D eigenvalue weighted by Gasteiger charge is 2.50. The largest absolute Gasteiger partial charge is 0.324 e. The summed E-state index contributed by atoms with van der Waals surface area (Å²) >= 11 is 0. The number of aromatic amines is 2. The number of hydrogen-bond acceptors (Lipinski definition) is 6. The van der Waals surface area contributed by atoms with Crippen molar-refractivity contribution < 1.29 is 0 Å². The van der Waals surface area contributed by atoms with E-state index in [-0.39, 0.29) is 0 Å². The van der Waals surface area contributed by atoms with Crippen LogP contribution in [0.4, 0.5) is 0 Å². The lowest BCUT2D eigenvalue weighted by Crippen LogP contribution is -2.37. The van der Waals surface area contributed by atoms with Crippen molar-refractivity contribution in [2.45, 2.75) is 77.0 Å². The van der Waals surface area contributed by atoms with E-state index in [0.29, 0.717) is 45.9 Å². The van der Waals surface area contributed by atoms with Crippen LogP contribution in [-0.2, 0) is 21.7 Å². The monoisotopic (exact) mass is 734 g/mol. The zero-order valence-corrected chi connectivity index (χ0v) is 33.2. The van der Waals surface area contributed by atoms with Gasteiger partial charge in [-0.3, -0.25) is 0 Å². The third-order valence-corrected chi connectivity index (χ3v) is 12.8. The first-order valence-electron chi connectivity index (χ1n) is 19.3. The van der Waals surface area contributed by atoms with Crippen molar-refractivity contribution in [3.8, 4) is 44.5 Å². The van der Waals surface area contributed by atoms with Gasteiger partial charge in [-0.2, -0.15) is 0 Å². The van der Waals surface area contributed by atoms with Crippen LogP contribution < -0.4 is 0 Å². The Labute approximate surface area is 327 Å². The van der Waals surface area contributed by atoms with Crippen molar-refractivity contribution >= 4 is 22.6 Å². The number of rotatable bonds is 4. The standard InChI is InChI=1S/C48H46N8/c1-45(2)41-51-37-33(29-21-13-9-14-22-29)34(30-23-15-10-16-24-30)39(49-37)53-43-47(5,6)48(7,8)44(56-43)54-40-36(32-27-19-12-20-28-32)35(31-25-17-11-18-26-31)38(50-40)52-42(55-41)46(45,3)4/h9-28H,1-8H3,(H2,49,50,51,52,53,54,55,56). The molecule has 0 fully saturated rings. The summed E-state index contributed by atoms with van der Waals surface area (Å²) in [5, 5.41) is 0. The van der Waals surface area contributed by atoms with Gasteiger partial charge in [0.1, 0.15) is 45.9 Å². The van der Waals surface area contributed by atoms with E-state index in [1.165, 1.54) is 0 Å². The minimum Gasteiger partial charge on any atom is -0.324 e. The van der Waals surface area contributed by atoms with E-state index in [0.717, 1.165) is 44.5 Å². The minimum absolute atomic E-state index is 0.497. The van der Waals surface area contributed by atoms with Gasteiger partial charge in [-0.05, 0) is 22.3 Å². The molecule has 278 valence electrons. The third kappa shape index (κ3) is 5.34. The first-order valence-corrected chi connectivity index (χ1v) is 19.3. The molecule has 9 rings (SSSR count). The Hall–Kier alpha value is -6.28. The lowest BCUT2D eigenvalue weighted by Gasteiger charge is -2.32. The molecule has 56 heavy (non-hydrogen) atoms. The molecule has 8 nitrogen and oxygen atoms in total. The SMILES string of the molecule is CC1(C)c2nc(nc3[nH]c(nc4nc(nc5[nH]c(n2)c(-c2ccccc2)c5-c2ccccc2)C(C)(C)C4(C)C)c(-c2ccccc2)c3-c2ccccc2)C1(C)C. The number of hydrogen-bond donors (Lipinski definition) is 2. The fourth-order valence-corrected chi connectivity index (χ4v) is 7.79. The Bertz CT molecular complexity index is 2400. The first kappa shape index (κ1) is 35.4. The van der Waals surface area contributed by atoms with E-state index in [4.69, 9.17) is 29.9 Å². The molecule has 2 aliphatic rings. The van der Waals surface area contributed by atoms with Crippen LogP contribution in [0.3, 0.4) is 0 Å². The molecule has 8 bridgehead atoms. The van der Waals surface area contributed by atoms with Gasteiger partial charge in [-0.1, -0.05) is 177 Å². The van der Waals surface area contributed by atoms with Crippen LogP contribution in [0, 0.1) is 0 Å². The van der Waals surface area contributed by atoms with Gasteiger partial charge >= 0.3 is 0 Å². The normalized spacial score (nSPS) is 16.4. The lowest BCUT2D eigenvalue weighted by atomic mass is 9.69. The molecule has 0 atom stereocenters. The summed E-state index contributed by atoms with van der Waals surface area (Å²) in [6, 6.07) is 41.7. The highest BCUT2D eigenvalue weighted by atomic mass is 15.1. The van der Waals surface area contributed by atoms with E-state index in [1.807, 2.05) is 24.3 Å².